The standard InChI is InChI=1S/C8H16O3/c1-2-3-4-7(9)5-6-8(10)11/h7,9H,2-6H2,1H3,(H,10,11)/t7-/m0/s1. The minimum absolute atomic E-state index is 0.0743. The molecular weight excluding hydrogens is 144 g/mol. The van der Waals surface area contributed by atoms with E-state index in [1.807, 2.05) is 6.92 Å². The first-order valence-corrected chi connectivity index (χ1v) is 4.06. The van der Waals surface area contributed by atoms with Crippen LogP contribution in [0.25, 0.3) is 0 Å². The maximum atomic E-state index is 10.1. The fraction of sp³-hybridized carbons (Fsp3) is 0.875. The van der Waals surface area contributed by atoms with Crippen LogP contribution < -0.4 is 0 Å². The van der Waals surface area contributed by atoms with Gasteiger partial charge in [-0.3, -0.25) is 4.79 Å². The maximum absolute atomic E-state index is 10.1. The Morgan fingerprint density at radius 1 is 1.45 bits per heavy atom. The van der Waals surface area contributed by atoms with E-state index in [4.69, 9.17) is 10.2 Å². The van der Waals surface area contributed by atoms with E-state index in [1.165, 1.54) is 0 Å². The highest BCUT2D eigenvalue weighted by Gasteiger charge is 2.05. The van der Waals surface area contributed by atoms with E-state index < -0.39 is 12.1 Å². The highest BCUT2D eigenvalue weighted by atomic mass is 16.4. The molecule has 0 aromatic carbocycles. The van der Waals surface area contributed by atoms with Gasteiger partial charge >= 0.3 is 5.97 Å². The topological polar surface area (TPSA) is 57.5 Å². The monoisotopic (exact) mass is 160 g/mol. The molecule has 0 spiro atoms. The molecule has 0 aromatic heterocycles. The Balaban J connectivity index is 3.22. The molecule has 0 aliphatic heterocycles. The van der Waals surface area contributed by atoms with Crippen molar-refractivity contribution in [3.8, 4) is 0 Å². The first kappa shape index (κ1) is 10.4. The summed E-state index contributed by atoms with van der Waals surface area (Å²) in [6, 6.07) is 0. The van der Waals surface area contributed by atoms with Gasteiger partial charge in [0.15, 0.2) is 0 Å². The zero-order valence-corrected chi connectivity index (χ0v) is 6.92. The van der Waals surface area contributed by atoms with Gasteiger partial charge in [0.25, 0.3) is 0 Å². The van der Waals surface area contributed by atoms with Crippen LogP contribution in [0, 0.1) is 0 Å². The summed E-state index contributed by atoms with van der Waals surface area (Å²) in [5.41, 5.74) is 0. The lowest BCUT2D eigenvalue weighted by atomic mass is 10.1. The van der Waals surface area contributed by atoms with Gasteiger partial charge in [-0.1, -0.05) is 19.8 Å². The molecule has 3 heteroatoms. The Labute approximate surface area is 67.0 Å². The molecular formula is C8H16O3. The molecule has 0 radical (unpaired) electrons. The Kier molecular flexibility index (Phi) is 5.84. The number of aliphatic hydroxyl groups is 1. The van der Waals surface area contributed by atoms with Crippen LogP contribution in [-0.2, 0) is 4.79 Å². The molecule has 0 unspecified atom stereocenters. The fourth-order valence-corrected chi connectivity index (χ4v) is 0.874. The zero-order valence-electron chi connectivity index (χ0n) is 6.92. The molecule has 0 bridgehead atoms. The molecule has 66 valence electrons. The van der Waals surface area contributed by atoms with Crippen molar-refractivity contribution in [1.29, 1.82) is 0 Å². The summed E-state index contributed by atoms with van der Waals surface area (Å²) in [6.07, 6.45) is 2.78. The third-order valence-corrected chi connectivity index (χ3v) is 1.58. The minimum Gasteiger partial charge on any atom is -0.481 e. The van der Waals surface area contributed by atoms with Crippen LogP contribution >= 0.6 is 0 Å². The third-order valence-electron chi connectivity index (χ3n) is 1.58. The van der Waals surface area contributed by atoms with Crippen LogP contribution in [0.1, 0.15) is 39.0 Å². The summed E-state index contributed by atoms with van der Waals surface area (Å²) in [6.45, 7) is 2.05. The minimum atomic E-state index is -0.833. The molecule has 0 rings (SSSR count). The van der Waals surface area contributed by atoms with Crippen molar-refractivity contribution in [3.63, 3.8) is 0 Å². The van der Waals surface area contributed by atoms with Crippen LogP contribution in [-0.4, -0.2) is 22.3 Å². The predicted octanol–water partition coefficient (Wildman–Crippen LogP) is 1.40. The van der Waals surface area contributed by atoms with Crippen LogP contribution in [0.15, 0.2) is 0 Å². The van der Waals surface area contributed by atoms with Gasteiger partial charge in [-0.25, -0.2) is 0 Å². The van der Waals surface area contributed by atoms with Crippen molar-refractivity contribution >= 4 is 5.97 Å². The Morgan fingerprint density at radius 2 is 2.09 bits per heavy atom. The highest BCUT2D eigenvalue weighted by Crippen LogP contribution is 2.05. The lowest BCUT2D eigenvalue weighted by Gasteiger charge is -2.06. The molecule has 0 aliphatic carbocycles. The van der Waals surface area contributed by atoms with Gasteiger partial charge in [-0.15, -0.1) is 0 Å². The van der Waals surface area contributed by atoms with E-state index in [1.54, 1.807) is 0 Å². The summed E-state index contributed by atoms with van der Waals surface area (Å²) in [4.78, 5) is 10.1. The predicted molar refractivity (Wildman–Crippen MR) is 42.4 cm³/mol. The third kappa shape index (κ3) is 7.33. The van der Waals surface area contributed by atoms with Crippen LogP contribution in [0.2, 0.25) is 0 Å². The largest absolute Gasteiger partial charge is 0.481 e. The normalized spacial score (nSPS) is 12.9. The lowest BCUT2D eigenvalue weighted by Crippen LogP contribution is -2.08. The second-order valence-electron chi connectivity index (χ2n) is 2.73. The van der Waals surface area contributed by atoms with E-state index >= 15 is 0 Å². The van der Waals surface area contributed by atoms with Gasteiger partial charge in [-0.05, 0) is 12.8 Å². The fourth-order valence-electron chi connectivity index (χ4n) is 0.874. The van der Waals surface area contributed by atoms with Crippen LogP contribution in [0.5, 0.6) is 0 Å². The van der Waals surface area contributed by atoms with Crippen LogP contribution in [0.3, 0.4) is 0 Å². The summed E-state index contributed by atoms with van der Waals surface area (Å²) < 4.78 is 0. The number of carbonyl (C=O) groups is 1. The van der Waals surface area contributed by atoms with E-state index in [-0.39, 0.29) is 6.42 Å². The van der Waals surface area contributed by atoms with Crippen molar-refractivity contribution < 1.29 is 15.0 Å². The Bertz CT molecular complexity index is 112. The zero-order chi connectivity index (χ0) is 8.69. The van der Waals surface area contributed by atoms with Crippen molar-refractivity contribution in [1.82, 2.24) is 0 Å². The van der Waals surface area contributed by atoms with Crippen molar-refractivity contribution in [2.24, 2.45) is 0 Å². The first-order valence-electron chi connectivity index (χ1n) is 4.06. The first-order chi connectivity index (χ1) is 5.16. The van der Waals surface area contributed by atoms with Crippen molar-refractivity contribution in [2.75, 3.05) is 0 Å². The number of hydrogen-bond donors (Lipinski definition) is 2. The van der Waals surface area contributed by atoms with Gasteiger partial charge in [0, 0.05) is 6.42 Å². The second kappa shape index (κ2) is 6.16. The average molecular weight is 160 g/mol. The quantitative estimate of drug-likeness (QED) is 0.617. The summed E-state index contributed by atoms with van der Waals surface area (Å²) in [5.74, 6) is -0.833. The van der Waals surface area contributed by atoms with E-state index in [9.17, 15) is 4.79 Å². The molecule has 11 heavy (non-hydrogen) atoms. The molecule has 0 aromatic rings. The molecule has 0 saturated heterocycles. The number of carboxylic acid groups (broad SMARTS) is 1. The molecule has 0 fully saturated rings. The number of aliphatic hydroxyl groups excluding tert-OH is 1. The van der Waals surface area contributed by atoms with E-state index in [0.29, 0.717) is 6.42 Å². The number of unbranched alkanes of at least 4 members (excludes halogenated alkanes) is 1. The number of hydrogen-bond acceptors (Lipinski definition) is 2. The maximum Gasteiger partial charge on any atom is 0.303 e. The van der Waals surface area contributed by atoms with Gasteiger partial charge < -0.3 is 10.2 Å². The summed E-state index contributed by atoms with van der Waals surface area (Å²) in [7, 11) is 0. The van der Waals surface area contributed by atoms with Gasteiger partial charge in [0.1, 0.15) is 0 Å². The summed E-state index contributed by atoms with van der Waals surface area (Å²) >= 11 is 0. The average Bonchev–Trinajstić information content (AvgIpc) is 1.97. The van der Waals surface area contributed by atoms with Crippen molar-refractivity contribution in [2.45, 2.75) is 45.1 Å². The molecule has 0 aliphatic rings. The molecule has 0 saturated carbocycles. The number of carboxylic acids is 1. The number of rotatable bonds is 6. The van der Waals surface area contributed by atoms with E-state index in [2.05, 4.69) is 0 Å². The highest BCUT2D eigenvalue weighted by molar-refractivity contribution is 5.66. The Hall–Kier alpha value is -0.570. The van der Waals surface area contributed by atoms with Gasteiger partial charge in [0.2, 0.25) is 0 Å². The molecule has 1 atom stereocenters. The van der Waals surface area contributed by atoms with Gasteiger partial charge in [-0.2, -0.15) is 0 Å². The molecule has 0 heterocycles. The van der Waals surface area contributed by atoms with Crippen LogP contribution in [0.4, 0.5) is 0 Å². The van der Waals surface area contributed by atoms with Crippen molar-refractivity contribution in [3.05, 3.63) is 0 Å². The van der Waals surface area contributed by atoms with Gasteiger partial charge in [0.05, 0.1) is 6.10 Å². The van der Waals surface area contributed by atoms with E-state index in [0.717, 1.165) is 19.3 Å². The SMILES string of the molecule is CCCC[C@H](O)CCC(=O)O. The molecule has 0 amide bonds. The second-order valence-corrected chi connectivity index (χ2v) is 2.73. The molecule has 3 nitrogen and oxygen atoms in total. The number of aliphatic carboxylic acids is 1. The summed E-state index contributed by atoms with van der Waals surface area (Å²) in [5, 5.41) is 17.4. The lowest BCUT2D eigenvalue weighted by molar-refractivity contribution is -0.137. The Morgan fingerprint density at radius 3 is 2.55 bits per heavy atom. The smallest absolute Gasteiger partial charge is 0.303 e. The molecule has 2 N–H and O–H groups in total.